The Morgan fingerprint density at radius 3 is 1.23 bits per heavy atom. The molecule has 0 aliphatic carbocycles. The third-order valence-corrected chi connectivity index (χ3v) is 9.55. The van der Waals surface area contributed by atoms with E-state index in [9.17, 15) is 0 Å². The van der Waals surface area contributed by atoms with Gasteiger partial charge in [-0.1, -0.05) is 193 Å². The molecule has 43 heavy (non-hydrogen) atoms. The van der Waals surface area contributed by atoms with Gasteiger partial charge in [0.2, 0.25) is 0 Å². The standard InChI is InChI=1S/C41H73N2/c1-3-5-7-9-11-13-15-17-18-19-20-21-23-25-27-32-36-41-42(38-39-43(41)40-34-30-29-31-35-40)37-33-28-26-24-22-16-14-12-10-8-6-4-2/h29-31,34-35,38-39H,3-28,32-33,36-37H2,1-2H3/q+1. The van der Waals surface area contributed by atoms with E-state index >= 15 is 0 Å². The monoisotopic (exact) mass is 594 g/mol. The van der Waals surface area contributed by atoms with Gasteiger partial charge in [-0.3, -0.25) is 0 Å². The lowest BCUT2D eigenvalue weighted by atomic mass is 10.0. The van der Waals surface area contributed by atoms with Crippen LogP contribution in [0.2, 0.25) is 0 Å². The Morgan fingerprint density at radius 2 is 0.814 bits per heavy atom. The van der Waals surface area contributed by atoms with Crippen LogP contribution in [0.15, 0.2) is 42.7 Å². The number of unbranched alkanes of at least 4 members (excludes halogenated alkanes) is 26. The maximum atomic E-state index is 2.56. The highest BCUT2D eigenvalue weighted by atomic mass is 15.1. The van der Waals surface area contributed by atoms with Gasteiger partial charge < -0.3 is 0 Å². The summed E-state index contributed by atoms with van der Waals surface area (Å²) in [5.41, 5.74) is 1.31. The first-order valence-corrected chi connectivity index (χ1v) is 19.5. The Balaban J connectivity index is 1.56. The lowest BCUT2D eigenvalue weighted by molar-refractivity contribution is -0.704. The number of rotatable bonds is 31. The molecule has 2 aromatic rings. The smallest absolute Gasteiger partial charge is 0.234 e. The SMILES string of the molecule is CCCCCCCCCCCCCCCCCCc1n(-c2ccccc2)cc[n+]1CCCCCCCCCCCCCC. The largest absolute Gasteiger partial charge is 0.261 e. The van der Waals surface area contributed by atoms with Gasteiger partial charge in [-0.2, -0.15) is 4.57 Å². The second-order valence-electron chi connectivity index (χ2n) is 13.6. The average Bonchev–Trinajstić information content (AvgIpc) is 3.44. The number of aromatic nitrogens is 2. The summed E-state index contributed by atoms with van der Waals surface area (Å²) in [5.74, 6) is 1.50. The van der Waals surface area contributed by atoms with Crippen molar-refractivity contribution in [3.63, 3.8) is 0 Å². The minimum Gasteiger partial charge on any atom is -0.234 e. The van der Waals surface area contributed by atoms with Crippen LogP contribution in [0.25, 0.3) is 5.69 Å². The molecule has 0 amide bonds. The van der Waals surface area contributed by atoms with E-state index in [0.717, 1.165) is 0 Å². The van der Waals surface area contributed by atoms with Crippen molar-refractivity contribution >= 4 is 0 Å². The molecule has 0 atom stereocenters. The van der Waals surface area contributed by atoms with Crippen LogP contribution in [-0.2, 0) is 13.0 Å². The number of imidazole rings is 1. The Hall–Kier alpha value is -1.57. The molecule has 0 fully saturated rings. The maximum absolute atomic E-state index is 2.56. The van der Waals surface area contributed by atoms with Gasteiger partial charge in [-0.15, -0.1) is 0 Å². The summed E-state index contributed by atoms with van der Waals surface area (Å²) in [5, 5.41) is 0. The van der Waals surface area contributed by atoms with Crippen LogP contribution in [0, 0.1) is 0 Å². The van der Waals surface area contributed by atoms with E-state index < -0.39 is 0 Å². The molecule has 0 saturated carbocycles. The number of hydrogen-bond acceptors (Lipinski definition) is 0. The van der Waals surface area contributed by atoms with Crippen LogP contribution >= 0.6 is 0 Å². The van der Waals surface area contributed by atoms with E-state index in [4.69, 9.17) is 0 Å². The average molecular weight is 594 g/mol. The van der Waals surface area contributed by atoms with Crippen LogP contribution in [-0.4, -0.2) is 4.57 Å². The maximum Gasteiger partial charge on any atom is 0.261 e. The van der Waals surface area contributed by atoms with Crippen molar-refractivity contribution in [1.82, 2.24) is 4.57 Å². The quantitative estimate of drug-likeness (QED) is 0.0607. The number of hydrogen-bond donors (Lipinski definition) is 0. The second kappa shape index (κ2) is 27.9. The first kappa shape index (κ1) is 37.6. The Kier molecular flexibility index (Phi) is 24.4. The van der Waals surface area contributed by atoms with E-state index in [-0.39, 0.29) is 0 Å². The van der Waals surface area contributed by atoms with Gasteiger partial charge in [0.15, 0.2) is 0 Å². The molecule has 0 saturated heterocycles. The van der Waals surface area contributed by atoms with Gasteiger partial charge in [0.25, 0.3) is 5.82 Å². The molecule has 0 radical (unpaired) electrons. The minimum atomic E-state index is 1.17. The molecular formula is C41H73N2+. The fourth-order valence-corrected chi connectivity index (χ4v) is 6.70. The van der Waals surface area contributed by atoms with Gasteiger partial charge >= 0.3 is 0 Å². The lowest BCUT2D eigenvalue weighted by Crippen LogP contribution is -2.37. The third-order valence-electron chi connectivity index (χ3n) is 9.55. The van der Waals surface area contributed by atoms with Crippen molar-refractivity contribution in [2.45, 2.75) is 207 Å². The molecule has 0 aliphatic heterocycles. The van der Waals surface area contributed by atoms with Crippen LogP contribution in [0.1, 0.15) is 199 Å². The number of para-hydroxylation sites is 1. The predicted octanol–water partition coefficient (Wildman–Crippen LogP) is 13.3. The molecule has 2 heteroatoms. The Morgan fingerprint density at radius 1 is 0.442 bits per heavy atom. The highest BCUT2D eigenvalue weighted by Crippen LogP contribution is 2.17. The summed E-state index contributed by atoms with van der Waals surface area (Å²) in [6.07, 6.45) is 45.7. The normalized spacial score (nSPS) is 11.5. The molecule has 0 spiro atoms. The zero-order valence-corrected chi connectivity index (χ0v) is 29.1. The zero-order chi connectivity index (χ0) is 30.5. The molecule has 1 aromatic carbocycles. The van der Waals surface area contributed by atoms with Crippen molar-refractivity contribution in [1.29, 1.82) is 0 Å². The molecule has 1 aromatic heterocycles. The molecule has 2 rings (SSSR count). The van der Waals surface area contributed by atoms with Crippen LogP contribution in [0.3, 0.4) is 0 Å². The van der Waals surface area contributed by atoms with Gasteiger partial charge in [-0.05, 0) is 31.4 Å². The second-order valence-corrected chi connectivity index (χ2v) is 13.6. The third kappa shape index (κ3) is 19.4. The van der Waals surface area contributed by atoms with E-state index in [1.807, 2.05) is 0 Å². The van der Waals surface area contributed by atoms with Crippen LogP contribution in [0.4, 0.5) is 0 Å². The molecule has 0 N–H and O–H groups in total. The van der Waals surface area contributed by atoms with E-state index in [0.29, 0.717) is 0 Å². The summed E-state index contributed by atoms with van der Waals surface area (Å²) in [7, 11) is 0. The highest BCUT2D eigenvalue weighted by molar-refractivity contribution is 5.31. The molecule has 0 aliphatic rings. The summed E-state index contributed by atoms with van der Waals surface area (Å²) >= 11 is 0. The van der Waals surface area contributed by atoms with Gasteiger partial charge in [0.1, 0.15) is 18.1 Å². The number of aryl methyl sites for hydroxylation is 1. The zero-order valence-electron chi connectivity index (χ0n) is 29.1. The highest BCUT2D eigenvalue weighted by Gasteiger charge is 2.18. The van der Waals surface area contributed by atoms with Crippen molar-refractivity contribution in [3.05, 3.63) is 48.5 Å². The van der Waals surface area contributed by atoms with Crippen molar-refractivity contribution in [3.8, 4) is 5.69 Å². The molecule has 0 unspecified atom stereocenters. The Labute approximate surface area is 269 Å². The summed E-state index contributed by atoms with van der Waals surface area (Å²) < 4.78 is 5.01. The van der Waals surface area contributed by atoms with Gasteiger partial charge in [0, 0.05) is 6.42 Å². The van der Waals surface area contributed by atoms with Crippen molar-refractivity contribution < 1.29 is 4.57 Å². The molecule has 2 nitrogen and oxygen atoms in total. The molecule has 246 valence electrons. The van der Waals surface area contributed by atoms with Gasteiger partial charge in [0.05, 0.1) is 6.54 Å². The Bertz CT molecular complexity index is 839. The fraction of sp³-hybridized carbons (Fsp3) is 0.780. The van der Waals surface area contributed by atoms with Crippen LogP contribution in [0.5, 0.6) is 0 Å². The summed E-state index contributed by atoms with van der Waals surface area (Å²) in [6.45, 7) is 5.78. The van der Waals surface area contributed by atoms with Gasteiger partial charge in [-0.25, -0.2) is 4.57 Å². The van der Waals surface area contributed by atoms with Crippen molar-refractivity contribution in [2.24, 2.45) is 0 Å². The topological polar surface area (TPSA) is 8.81 Å². The number of nitrogens with zero attached hydrogens (tertiary/aromatic N) is 2. The minimum absolute atomic E-state index is 1.17. The molecule has 0 bridgehead atoms. The summed E-state index contributed by atoms with van der Waals surface area (Å²) in [4.78, 5) is 0. The van der Waals surface area contributed by atoms with Crippen LogP contribution < -0.4 is 4.57 Å². The first-order valence-electron chi connectivity index (χ1n) is 19.5. The molecular weight excluding hydrogens is 520 g/mol. The lowest BCUT2D eigenvalue weighted by Gasteiger charge is -2.07. The first-order chi connectivity index (χ1) is 21.4. The van der Waals surface area contributed by atoms with E-state index in [2.05, 4.69) is 65.7 Å². The molecule has 1 heterocycles. The summed E-state index contributed by atoms with van der Waals surface area (Å²) in [6, 6.07) is 11.0. The predicted molar refractivity (Wildman–Crippen MR) is 190 cm³/mol. The number of benzene rings is 1. The van der Waals surface area contributed by atoms with E-state index in [1.54, 1.807) is 0 Å². The fourth-order valence-electron chi connectivity index (χ4n) is 6.70. The van der Waals surface area contributed by atoms with E-state index in [1.165, 1.54) is 204 Å². The van der Waals surface area contributed by atoms with Crippen molar-refractivity contribution in [2.75, 3.05) is 0 Å².